The number of hydrogen-bond donors (Lipinski definition) is 2. The molecule has 2 aromatic carbocycles. The largest absolute Gasteiger partial charge is 0.508 e. The molecular formula is C20H14O7. The first-order valence-corrected chi connectivity index (χ1v) is 8.99. The van der Waals surface area contributed by atoms with E-state index in [0.29, 0.717) is 46.6 Å². The minimum absolute atomic E-state index is 0.0287. The van der Waals surface area contributed by atoms with E-state index in [9.17, 15) is 15.0 Å². The summed E-state index contributed by atoms with van der Waals surface area (Å²) in [4.78, 5) is 12.4. The Hall–Kier alpha value is -2.61. The van der Waals surface area contributed by atoms with Crippen molar-refractivity contribution in [2.75, 3.05) is 0 Å². The van der Waals surface area contributed by atoms with E-state index in [-0.39, 0.29) is 11.5 Å². The Labute approximate surface area is 153 Å². The van der Waals surface area contributed by atoms with Crippen molar-refractivity contribution in [1.82, 2.24) is 0 Å². The number of rotatable bonds is 0. The molecule has 2 aromatic rings. The van der Waals surface area contributed by atoms with Crippen LogP contribution in [0.3, 0.4) is 0 Å². The van der Waals surface area contributed by atoms with Gasteiger partial charge >= 0.3 is 0 Å². The SMILES string of the molecule is O=C1CC[C@]23Oc4ccc(O)c5c4[C@](Oc4cccc1c42)(O3)[C@@H]1O[C@@H]1[C@@H]5O. The van der Waals surface area contributed by atoms with Gasteiger partial charge in [-0.1, -0.05) is 12.1 Å². The Morgan fingerprint density at radius 3 is 2.81 bits per heavy atom. The number of carbonyl (C=O) groups excluding carboxylic acids is 1. The van der Waals surface area contributed by atoms with E-state index < -0.39 is 29.9 Å². The van der Waals surface area contributed by atoms with Gasteiger partial charge in [0.1, 0.15) is 29.5 Å². The van der Waals surface area contributed by atoms with Crippen molar-refractivity contribution in [3.05, 3.63) is 52.6 Å². The van der Waals surface area contributed by atoms with Gasteiger partial charge in [0.05, 0.1) is 11.1 Å². The maximum atomic E-state index is 12.4. The molecule has 5 aliphatic rings. The van der Waals surface area contributed by atoms with E-state index in [1.165, 1.54) is 6.07 Å². The summed E-state index contributed by atoms with van der Waals surface area (Å²) in [5, 5.41) is 21.0. The fourth-order valence-electron chi connectivity index (χ4n) is 5.14. The van der Waals surface area contributed by atoms with Gasteiger partial charge in [0.15, 0.2) is 11.9 Å². The van der Waals surface area contributed by atoms with Crippen molar-refractivity contribution in [2.45, 2.75) is 42.7 Å². The topological polar surface area (TPSA) is 97.8 Å². The molecule has 0 saturated carbocycles. The lowest BCUT2D eigenvalue weighted by Gasteiger charge is -2.54. The van der Waals surface area contributed by atoms with Crippen molar-refractivity contribution >= 4 is 5.78 Å². The Bertz CT molecular complexity index is 1080. The van der Waals surface area contributed by atoms with Gasteiger partial charge in [-0.05, 0) is 18.2 Å². The van der Waals surface area contributed by atoms with Crippen molar-refractivity contribution in [3.63, 3.8) is 0 Å². The third-order valence-electron chi connectivity index (χ3n) is 6.28. The highest BCUT2D eigenvalue weighted by molar-refractivity contribution is 5.99. The minimum atomic E-state index is -1.32. The highest BCUT2D eigenvalue weighted by atomic mass is 16.8. The average Bonchev–Trinajstić information content (AvgIpc) is 3.46. The molecule has 1 fully saturated rings. The van der Waals surface area contributed by atoms with E-state index in [0.717, 1.165) is 0 Å². The van der Waals surface area contributed by atoms with Crippen molar-refractivity contribution < 1.29 is 34.0 Å². The van der Waals surface area contributed by atoms with Crippen molar-refractivity contribution in [2.24, 2.45) is 0 Å². The summed E-state index contributed by atoms with van der Waals surface area (Å²) in [5.41, 5.74) is 1.93. The normalized spacial score (nSPS) is 38.7. The molecule has 2 N–H and O–H groups in total. The van der Waals surface area contributed by atoms with Gasteiger partial charge in [-0.2, -0.15) is 0 Å². The summed E-state index contributed by atoms with van der Waals surface area (Å²) >= 11 is 0. The fourth-order valence-corrected chi connectivity index (χ4v) is 5.14. The van der Waals surface area contributed by atoms with Crippen LogP contribution in [0.5, 0.6) is 17.2 Å². The lowest BCUT2D eigenvalue weighted by molar-refractivity contribution is -0.368. The third kappa shape index (κ3) is 1.43. The number of phenols is 1. The smallest absolute Gasteiger partial charge is 0.274 e. The zero-order chi connectivity index (χ0) is 18.1. The highest BCUT2D eigenvalue weighted by Gasteiger charge is 2.74. The molecule has 1 saturated heterocycles. The number of aliphatic hydroxyl groups excluding tert-OH is 1. The number of ketones is 1. The molecule has 2 aliphatic carbocycles. The van der Waals surface area contributed by atoms with Gasteiger partial charge in [0, 0.05) is 24.0 Å². The van der Waals surface area contributed by atoms with Crippen LogP contribution in [0.1, 0.15) is 46.0 Å². The van der Waals surface area contributed by atoms with Crippen LogP contribution in [0.25, 0.3) is 0 Å². The van der Waals surface area contributed by atoms with Gasteiger partial charge in [-0.3, -0.25) is 9.53 Å². The number of phenolic OH excluding ortho intramolecular Hbond substituents is 1. The van der Waals surface area contributed by atoms with Crippen molar-refractivity contribution in [1.29, 1.82) is 0 Å². The lowest BCUT2D eigenvalue weighted by Crippen LogP contribution is -2.61. The summed E-state index contributed by atoms with van der Waals surface area (Å²) in [6, 6.07) is 8.46. The third-order valence-corrected chi connectivity index (χ3v) is 6.28. The Morgan fingerprint density at radius 1 is 1.07 bits per heavy atom. The van der Waals surface area contributed by atoms with Crippen LogP contribution in [-0.2, 0) is 21.0 Å². The summed E-state index contributed by atoms with van der Waals surface area (Å²) in [5.74, 6) is -1.52. The molecule has 3 heterocycles. The maximum absolute atomic E-state index is 12.4. The molecule has 7 rings (SSSR count). The molecule has 0 radical (unpaired) electrons. The molecule has 7 heteroatoms. The molecule has 136 valence electrons. The van der Waals surface area contributed by atoms with Crippen LogP contribution < -0.4 is 9.47 Å². The number of aromatic hydroxyl groups is 1. The summed E-state index contributed by atoms with van der Waals surface area (Å²) in [6.07, 6.45) is -1.37. The first kappa shape index (κ1) is 14.4. The number of Topliss-reactive ketones (excluding diaryl/α,β-unsaturated/α-hetero) is 1. The van der Waals surface area contributed by atoms with Gasteiger partial charge in [-0.25, -0.2) is 0 Å². The first-order valence-electron chi connectivity index (χ1n) is 8.99. The molecule has 0 amide bonds. The number of hydrogen-bond acceptors (Lipinski definition) is 7. The predicted molar refractivity (Wildman–Crippen MR) is 87.4 cm³/mol. The van der Waals surface area contributed by atoms with Gasteiger partial charge in [0.25, 0.3) is 5.79 Å². The molecule has 2 spiro atoms. The summed E-state index contributed by atoms with van der Waals surface area (Å²) in [7, 11) is 0. The van der Waals surface area contributed by atoms with Crippen molar-refractivity contribution in [3.8, 4) is 17.2 Å². The number of benzene rings is 2. The number of fused-ring (bicyclic) bond motifs is 1. The van der Waals surface area contributed by atoms with E-state index in [4.69, 9.17) is 18.9 Å². The Balaban J connectivity index is 1.58. The predicted octanol–water partition coefficient (Wildman–Crippen LogP) is 1.99. The average molecular weight is 366 g/mol. The quantitative estimate of drug-likeness (QED) is 0.688. The second-order valence-corrected chi connectivity index (χ2v) is 7.67. The zero-order valence-electron chi connectivity index (χ0n) is 14.0. The molecule has 3 aliphatic heterocycles. The summed E-state index contributed by atoms with van der Waals surface area (Å²) in [6.45, 7) is 0. The standard InChI is InChI=1S/C20H14O7/c21-9-6-7-19-14-8(9)2-1-3-11(14)26-20(27-19)15-12(25-19)5-4-10(22)13(15)16(23)17-18(20)24-17/h1-5,16-18,22-23H,6-7H2/t16-,17-,18-,19-,20+/m1/s1. The number of carbonyl (C=O) groups is 1. The molecule has 7 nitrogen and oxygen atoms in total. The van der Waals surface area contributed by atoms with Crippen LogP contribution in [0.4, 0.5) is 0 Å². The van der Waals surface area contributed by atoms with E-state index in [2.05, 4.69) is 0 Å². The van der Waals surface area contributed by atoms with Gasteiger partial charge < -0.3 is 24.4 Å². The van der Waals surface area contributed by atoms with Crippen LogP contribution in [0.2, 0.25) is 0 Å². The van der Waals surface area contributed by atoms with E-state index in [1.807, 2.05) is 0 Å². The molecule has 5 atom stereocenters. The molecular weight excluding hydrogens is 352 g/mol. The number of ether oxygens (including phenoxy) is 4. The lowest BCUT2D eigenvalue weighted by atomic mass is 9.78. The Kier molecular flexibility index (Phi) is 2.20. The highest BCUT2D eigenvalue weighted by Crippen LogP contribution is 2.66. The number of epoxide rings is 1. The molecule has 27 heavy (non-hydrogen) atoms. The second kappa shape index (κ2) is 4.11. The van der Waals surface area contributed by atoms with Gasteiger partial charge in [0.2, 0.25) is 5.79 Å². The zero-order valence-corrected chi connectivity index (χ0v) is 14.0. The fraction of sp³-hybridized carbons (Fsp3) is 0.350. The maximum Gasteiger partial charge on any atom is 0.274 e. The number of aliphatic hydroxyl groups is 1. The first-order chi connectivity index (χ1) is 13.0. The monoisotopic (exact) mass is 366 g/mol. The van der Waals surface area contributed by atoms with E-state index in [1.54, 1.807) is 24.3 Å². The van der Waals surface area contributed by atoms with Gasteiger partial charge in [-0.15, -0.1) is 0 Å². The van der Waals surface area contributed by atoms with Crippen LogP contribution in [0.15, 0.2) is 30.3 Å². The Morgan fingerprint density at radius 2 is 1.93 bits per heavy atom. The minimum Gasteiger partial charge on any atom is -0.508 e. The second-order valence-electron chi connectivity index (χ2n) is 7.67. The van der Waals surface area contributed by atoms with E-state index >= 15 is 0 Å². The molecule has 2 bridgehead atoms. The van der Waals surface area contributed by atoms with Crippen LogP contribution >= 0.6 is 0 Å². The molecule has 0 aromatic heterocycles. The summed E-state index contributed by atoms with van der Waals surface area (Å²) < 4.78 is 24.9. The van der Waals surface area contributed by atoms with Crippen LogP contribution in [-0.4, -0.2) is 28.2 Å². The van der Waals surface area contributed by atoms with Crippen LogP contribution in [0, 0.1) is 0 Å². The molecule has 0 unspecified atom stereocenters.